The molecule has 11 rings (SSSR count). The fourth-order valence-corrected chi connectivity index (χ4v) is 9.45. The lowest BCUT2D eigenvalue weighted by Crippen LogP contribution is -2.33. The summed E-state index contributed by atoms with van der Waals surface area (Å²) in [6.45, 7) is 9.59. The van der Waals surface area contributed by atoms with Crippen LogP contribution < -0.4 is 0 Å². The zero-order chi connectivity index (χ0) is 39.2. The maximum absolute atomic E-state index is 5.26. The standard InChI is InChI=1S/C53H43N5/c1-52(2)31-32-53(3,4)44-33-37(25-30-43(44)52)34-23-26-38(27-24-34)57-45-21-13-11-19-39(45)41-28-29-42-40-20-12-14-22-46(40)58(48(42)47(41)57)51-55-49(35-15-7-5-8-16-35)54-50(56-51)36-17-9-6-10-18-36/h5-30,33H,31-32H2,1-4H3. The SMILES string of the molecule is CC1(C)CCC(C)(C)c2cc(-c3ccc(-n4c5ccccc5c5ccc6c7ccccc7n(-c7nc(-c8ccccc8)nc(-c8ccccc8)n7)c6c54)cc3)ccc21. The summed E-state index contributed by atoms with van der Waals surface area (Å²) in [5.74, 6) is 1.85. The molecule has 1 aliphatic carbocycles. The first-order valence-electron chi connectivity index (χ1n) is 20.3. The molecular formula is C53H43N5. The van der Waals surface area contributed by atoms with Gasteiger partial charge in [0.25, 0.3) is 0 Å². The van der Waals surface area contributed by atoms with E-state index in [1.54, 1.807) is 0 Å². The second kappa shape index (κ2) is 12.8. The first kappa shape index (κ1) is 34.4. The molecule has 0 N–H and O–H groups in total. The van der Waals surface area contributed by atoms with Crippen LogP contribution in [0.4, 0.5) is 0 Å². The lowest BCUT2D eigenvalue weighted by atomic mass is 9.63. The van der Waals surface area contributed by atoms with E-state index in [2.05, 4.69) is 164 Å². The summed E-state index contributed by atoms with van der Waals surface area (Å²) < 4.78 is 4.69. The second-order valence-electron chi connectivity index (χ2n) is 17.2. The summed E-state index contributed by atoms with van der Waals surface area (Å²) in [5, 5.41) is 4.67. The Morgan fingerprint density at radius 1 is 0.397 bits per heavy atom. The lowest BCUT2D eigenvalue weighted by molar-refractivity contribution is 0.332. The minimum Gasteiger partial charge on any atom is -0.307 e. The molecule has 0 unspecified atom stereocenters. The van der Waals surface area contributed by atoms with Crippen LogP contribution in [0.2, 0.25) is 0 Å². The van der Waals surface area contributed by atoms with Crippen molar-refractivity contribution < 1.29 is 0 Å². The topological polar surface area (TPSA) is 48.5 Å². The summed E-state index contributed by atoms with van der Waals surface area (Å²) >= 11 is 0. The highest BCUT2D eigenvalue weighted by Crippen LogP contribution is 2.47. The van der Waals surface area contributed by atoms with Gasteiger partial charge in [-0.05, 0) is 70.2 Å². The Bertz CT molecular complexity index is 3150. The Morgan fingerprint density at radius 3 is 1.47 bits per heavy atom. The van der Waals surface area contributed by atoms with Crippen LogP contribution in [0.5, 0.6) is 0 Å². The quantitative estimate of drug-likeness (QED) is 0.176. The normalized spacial score (nSPS) is 14.7. The van der Waals surface area contributed by atoms with Crippen LogP contribution in [0.15, 0.2) is 164 Å². The van der Waals surface area contributed by atoms with Crippen molar-refractivity contribution in [1.82, 2.24) is 24.1 Å². The van der Waals surface area contributed by atoms with Crippen molar-refractivity contribution in [3.63, 3.8) is 0 Å². The molecule has 0 bridgehead atoms. The van der Waals surface area contributed by atoms with E-state index >= 15 is 0 Å². The molecule has 10 aromatic rings. The van der Waals surface area contributed by atoms with E-state index in [0.29, 0.717) is 17.6 Å². The van der Waals surface area contributed by atoms with Gasteiger partial charge in [-0.3, -0.25) is 4.57 Å². The van der Waals surface area contributed by atoms with Crippen molar-refractivity contribution >= 4 is 43.6 Å². The van der Waals surface area contributed by atoms with E-state index in [1.165, 1.54) is 45.9 Å². The minimum atomic E-state index is 0.149. The van der Waals surface area contributed by atoms with Gasteiger partial charge >= 0.3 is 0 Å². The molecule has 280 valence electrons. The molecular weight excluding hydrogens is 707 g/mol. The van der Waals surface area contributed by atoms with E-state index < -0.39 is 0 Å². The largest absolute Gasteiger partial charge is 0.307 e. The Morgan fingerprint density at radius 2 is 0.879 bits per heavy atom. The van der Waals surface area contributed by atoms with Crippen LogP contribution in [-0.4, -0.2) is 24.1 Å². The summed E-state index contributed by atoms with van der Waals surface area (Å²) in [6.07, 6.45) is 2.40. The van der Waals surface area contributed by atoms with Crippen molar-refractivity contribution in [2.45, 2.75) is 51.4 Å². The monoisotopic (exact) mass is 749 g/mol. The van der Waals surface area contributed by atoms with Crippen molar-refractivity contribution in [3.05, 3.63) is 175 Å². The smallest absolute Gasteiger partial charge is 0.238 e. The molecule has 0 spiro atoms. The van der Waals surface area contributed by atoms with Gasteiger partial charge in [-0.25, -0.2) is 4.98 Å². The molecule has 7 aromatic carbocycles. The maximum Gasteiger partial charge on any atom is 0.238 e. The number of rotatable bonds is 5. The molecule has 0 aliphatic heterocycles. The molecule has 0 saturated carbocycles. The van der Waals surface area contributed by atoms with Crippen LogP contribution in [-0.2, 0) is 10.8 Å². The van der Waals surface area contributed by atoms with Gasteiger partial charge in [0, 0.05) is 38.4 Å². The van der Waals surface area contributed by atoms with E-state index in [0.717, 1.165) is 49.7 Å². The van der Waals surface area contributed by atoms with Crippen molar-refractivity contribution in [2.75, 3.05) is 0 Å². The molecule has 0 atom stereocenters. The summed E-state index contributed by atoms with van der Waals surface area (Å²) in [6, 6.07) is 58.6. The van der Waals surface area contributed by atoms with Gasteiger partial charge in [0.15, 0.2) is 11.6 Å². The fourth-order valence-electron chi connectivity index (χ4n) is 9.45. The molecule has 1 aliphatic rings. The molecule has 3 heterocycles. The van der Waals surface area contributed by atoms with Gasteiger partial charge in [0.1, 0.15) is 0 Å². The summed E-state index contributed by atoms with van der Waals surface area (Å²) in [4.78, 5) is 15.6. The Kier molecular flexibility index (Phi) is 7.61. The molecule has 0 saturated heterocycles. The highest BCUT2D eigenvalue weighted by Gasteiger charge is 2.37. The predicted octanol–water partition coefficient (Wildman–Crippen LogP) is 13.4. The minimum absolute atomic E-state index is 0.149. The molecule has 0 fully saturated rings. The third-order valence-corrected chi connectivity index (χ3v) is 12.7. The second-order valence-corrected chi connectivity index (χ2v) is 17.2. The average molecular weight is 750 g/mol. The van der Waals surface area contributed by atoms with Crippen molar-refractivity contribution in [3.8, 4) is 45.5 Å². The molecule has 5 heteroatoms. The highest BCUT2D eigenvalue weighted by molar-refractivity contribution is 6.23. The Balaban J connectivity index is 1.17. The van der Waals surface area contributed by atoms with Gasteiger partial charge in [-0.15, -0.1) is 0 Å². The van der Waals surface area contributed by atoms with Crippen LogP contribution >= 0.6 is 0 Å². The average Bonchev–Trinajstić information content (AvgIpc) is 3.79. The number of benzene rings is 7. The molecule has 0 radical (unpaired) electrons. The molecule has 3 aromatic heterocycles. The van der Waals surface area contributed by atoms with E-state index in [9.17, 15) is 0 Å². The zero-order valence-electron chi connectivity index (χ0n) is 33.2. The van der Waals surface area contributed by atoms with Gasteiger partial charge in [0.05, 0.1) is 22.1 Å². The number of para-hydroxylation sites is 2. The zero-order valence-corrected chi connectivity index (χ0v) is 33.2. The molecule has 58 heavy (non-hydrogen) atoms. The van der Waals surface area contributed by atoms with Gasteiger partial charge in [-0.2, -0.15) is 9.97 Å². The highest BCUT2D eigenvalue weighted by atomic mass is 15.2. The lowest BCUT2D eigenvalue weighted by Gasteiger charge is -2.42. The third kappa shape index (κ3) is 5.33. The maximum atomic E-state index is 5.26. The first-order chi connectivity index (χ1) is 28.2. The van der Waals surface area contributed by atoms with Crippen molar-refractivity contribution in [2.24, 2.45) is 0 Å². The van der Waals surface area contributed by atoms with E-state index in [1.807, 2.05) is 36.4 Å². The summed E-state index contributed by atoms with van der Waals surface area (Å²) in [5.41, 5.74) is 13.1. The number of nitrogens with zero attached hydrogens (tertiary/aromatic N) is 5. The summed E-state index contributed by atoms with van der Waals surface area (Å²) in [7, 11) is 0. The Labute approximate surface area is 338 Å². The third-order valence-electron chi connectivity index (χ3n) is 12.7. The molecule has 5 nitrogen and oxygen atoms in total. The number of aromatic nitrogens is 5. The fraction of sp³-hybridized carbons (Fsp3) is 0.151. The van der Waals surface area contributed by atoms with Crippen LogP contribution in [0, 0.1) is 0 Å². The van der Waals surface area contributed by atoms with Gasteiger partial charge in [-0.1, -0.05) is 167 Å². The van der Waals surface area contributed by atoms with Crippen LogP contribution in [0.1, 0.15) is 51.7 Å². The number of hydrogen-bond donors (Lipinski definition) is 0. The number of fused-ring (bicyclic) bond motifs is 8. The molecule has 0 amide bonds. The van der Waals surface area contributed by atoms with Crippen molar-refractivity contribution in [1.29, 1.82) is 0 Å². The Hall–Kier alpha value is -6.85. The first-order valence-corrected chi connectivity index (χ1v) is 20.3. The van der Waals surface area contributed by atoms with Gasteiger partial charge in [0.2, 0.25) is 5.95 Å². The number of hydrogen-bond acceptors (Lipinski definition) is 3. The van der Waals surface area contributed by atoms with Crippen LogP contribution in [0.25, 0.3) is 89.2 Å². The van der Waals surface area contributed by atoms with Crippen LogP contribution in [0.3, 0.4) is 0 Å². The van der Waals surface area contributed by atoms with E-state index in [4.69, 9.17) is 15.0 Å². The predicted molar refractivity (Wildman–Crippen MR) is 240 cm³/mol. The van der Waals surface area contributed by atoms with Gasteiger partial charge < -0.3 is 4.57 Å². The van der Waals surface area contributed by atoms with E-state index in [-0.39, 0.29) is 10.8 Å².